The number of para-hydroxylation sites is 2. The van der Waals surface area contributed by atoms with Crippen LogP contribution in [-0.2, 0) is 4.74 Å². The number of hydrogen-bond acceptors (Lipinski definition) is 4. The van der Waals surface area contributed by atoms with Crippen molar-refractivity contribution in [3.8, 4) is 0 Å². The normalized spacial score (nSPS) is 20.5. The Hall–Kier alpha value is -1.55. The lowest BCUT2D eigenvalue weighted by Crippen LogP contribution is -2.39. The summed E-state index contributed by atoms with van der Waals surface area (Å²) in [4.78, 5) is 6.72. The number of anilines is 1. The summed E-state index contributed by atoms with van der Waals surface area (Å²) in [6.07, 6.45) is 2.56. The Morgan fingerprint density at radius 1 is 1.44 bits per heavy atom. The molecule has 18 heavy (non-hydrogen) atoms. The molecule has 0 spiro atoms. The van der Waals surface area contributed by atoms with Gasteiger partial charge in [-0.15, -0.1) is 0 Å². The first-order chi connectivity index (χ1) is 8.86. The number of benzene rings is 1. The minimum atomic E-state index is 0.304. The van der Waals surface area contributed by atoms with Gasteiger partial charge in [0.1, 0.15) is 5.52 Å². The lowest BCUT2D eigenvalue weighted by Gasteiger charge is -2.31. The molecule has 0 N–H and O–H groups in total. The molecule has 1 fully saturated rings. The van der Waals surface area contributed by atoms with E-state index in [1.165, 1.54) is 0 Å². The third-order valence-corrected chi connectivity index (χ3v) is 3.33. The van der Waals surface area contributed by atoms with Crippen LogP contribution in [0.4, 0.5) is 6.01 Å². The molecule has 4 heteroatoms. The van der Waals surface area contributed by atoms with Crippen molar-refractivity contribution in [3.05, 3.63) is 24.3 Å². The zero-order chi connectivity index (χ0) is 12.4. The van der Waals surface area contributed by atoms with Crippen LogP contribution >= 0.6 is 0 Å². The van der Waals surface area contributed by atoms with E-state index in [9.17, 15) is 0 Å². The fourth-order valence-electron chi connectivity index (χ4n) is 2.48. The molecule has 0 radical (unpaired) electrons. The Labute approximate surface area is 107 Å². The summed E-state index contributed by atoms with van der Waals surface area (Å²) in [5.41, 5.74) is 1.78. The van der Waals surface area contributed by atoms with E-state index in [1.807, 2.05) is 31.2 Å². The van der Waals surface area contributed by atoms with Gasteiger partial charge in [0.25, 0.3) is 6.01 Å². The maximum Gasteiger partial charge on any atom is 0.298 e. The van der Waals surface area contributed by atoms with Crippen molar-refractivity contribution in [1.29, 1.82) is 0 Å². The summed E-state index contributed by atoms with van der Waals surface area (Å²) in [5, 5.41) is 0. The molecule has 96 valence electrons. The zero-order valence-corrected chi connectivity index (χ0v) is 10.6. The van der Waals surface area contributed by atoms with Gasteiger partial charge in [-0.25, -0.2) is 0 Å². The quantitative estimate of drug-likeness (QED) is 0.834. The summed E-state index contributed by atoms with van der Waals surface area (Å²) >= 11 is 0. The van der Waals surface area contributed by atoms with Crippen molar-refractivity contribution >= 4 is 17.1 Å². The monoisotopic (exact) mass is 246 g/mol. The first-order valence-corrected chi connectivity index (χ1v) is 6.59. The number of rotatable bonds is 3. The summed E-state index contributed by atoms with van der Waals surface area (Å²) in [7, 11) is 0. The molecule has 1 saturated heterocycles. The standard InChI is InChI=1S/C14H18N2O2/c1-2-17-11-6-5-9-16(10-11)14-15-12-7-3-4-8-13(12)18-14/h3-4,7-8,11H,2,5-6,9-10H2,1H3. The van der Waals surface area contributed by atoms with E-state index in [4.69, 9.17) is 9.15 Å². The molecule has 1 aliphatic rings. The zero-order valence-electron chi connectivity index (χ0n) is 10.6. The molecule has 0 amide bonds. The summed E-state index contributed by atoms with van der Waals surface area (Å²) in [6.45, 7) is 4.68. The fourth-order valence-corrected chi connectivity index (χ4v) is 2.48. The molecular formula is C14H18N2O2. The average molecular weight is 246 g/mol. The number of aromatic nitrogens is 1. The Morgan fingerprint density at radius 2 is 2.33 bits per heavy atom. The van der Waals surface area contributed by atoms with Crippen LogP contribution in [0.2, 0.25) is 0 Å². The second kappa shape index (κ2) is 4.98. The van der Waals surface area contributed by atoms with Crippen molar-refractivity contribution in [3.63, 3.8) is 0 Å². The van der Waals surface area contributed by atoms with Gasteiger partial charge in [0.15, 0.2) is 5.58 Å². The van der Waals surface area contributed by atoms with E-state index in [2.05, 4.69) is 9.88 Å². The van der Waals surface area contributed by atoms with Crippen LogP contribution in [0.3, 0.4) is 0 Å². The van der Waals surface area contributed by atoms with Gasteiger partial charge in [0, 0.05) is 19.7 Å². The molecule has 0 saturated carbocycles. The van der Waals surface area contributed by atoms with E-state index < -0.39 is 0 Å². The van der Waals surface area contributed by atoms with Crippen LogP contribution in [0.5, 0.6) is 0 Å². The van der Waals surface area contributed by atoms with Gasteiger partial charge >= 0.3 is 0 Å². The van der Waals surface area contributed by atoms with Crippen molar-refractivity contribution in [2.45, 2.75) is 25.9 Å². The van der Waals surface area contributed by atoms with Gasteiger partial charge in [-0.3, -0.25) is 0 Å². The minimum absolute atomic E-state index is 0.304. The van der Waals surface area contributed by atoms with Gasteiger partial charge in [-0.1, -0.05) is 12.1 Å². The van der Waals surface area contributed by atoms with Crippen molar-refractivity contribution < 1.29 is 9.15 Å². The van der Waals surface area contributed by atoms with Crippen LogP contribution in [0, 0.1) is 0 Å². The molecule has 2 heterocycles. The number of hydrogen-bond donors (Lipinski definition) is 0. The second-order valence-electron chi connectivity index (χ2n) is 4.63. The van der Waals surface area contributed by atoms with Gasteiger partial charge in [-0.2, -0.15) is 4.98 Å². The number of fused-ring (bicyclic) bond motifs is 1. The third-order valence-electron chi connectivity index (χ3n) is 3.33. The Kier molecular flexibility index (Phi) is 3.19. The molecule has 1 aliphatic heterocycles. The number of nitrogens with zero attached hydrogens (tertiary/aromatic N) is 2. The average Bonchev–Trinajstić information content (AvgIpc) is 2.83. The lowest BCUT2D eigenvalue weighted by atomic mass is 10.1. The predicted octanol–water partition coefficient (Wildman–Crippen LogP) is 2.83. The smallest absolute Gasteiger partial charge is 0.298 e. The van der Waals surface area contributed by atoms with Crippen LogP contribution < -0.4 is 4.90 Å². The van der Waals surface area contributed by atoms with E-state index in [1.54, 1.807) is 0 Å². The van der Waals surface area contributed by atoms with E-state index in [0.29, 0.717) is 6.10 Å². The maximum absolute atomic E-state index is 5.79. The van der Waals surface area contributed by atoms with E-state index in [0.717, 1.165) is 49.7 Å². The first kappa shape index (κ1) is 11.5. The summed E-state index contributed by atoms with van der Waals surface area (Å²) in [6, 6.07) is 8.60. The SMILES string of the molecule is CCOC1CCCN(c2nc3ccccc3o2)C1. The van der Waals surface area contributed by atoms with Crippen LogP contribution in [0.15, 0.2) is 28.7 Å². The van der Waals surface area contributed by atoms with Crippen molar-refractivity contribution in [1.82, 2.24) is 4.98 Å². The van der Waals surface area contributed by atoms with E-state index in [-0.39, 0.29) is 0 Å². The molecule has 1 aromatic heterocycles. The Balaban J connectivity index is 1.80. The molecule has 1 atom stereocenters. The lowest BCUT2D eigenvalue weighted by molar-refractivity contribution is 0.0517. The predicted molar refractivity (Wildman–Crippen MR) is 70.9 cm³/mol. The fraction of sp³-hybridized carbons (Fsp3) is 0.500. The largest absolute Gasteiger partial charge is 0.423 e. The molecule has 3 rings (SSSR count). The number of ether oxygens (including phenoxy) is 1. The van der Waals surface area contributed by atoms with Crippen LogP contribution in [0.1, 0.15) is 19.8 Å². The highest BCUT2D eigenvalue weighted by Gasteiger charge is 2.23. The van der Waals surface area contributed by atoms with Crippen LogP contribution in [-0.4, -0.2) is 30.8 Å². The third kappa shape index (κ3) is 2.20. The van der Waals surface area contributed by atoms with Gasteiger partial charge in [-0.05, 0) is 31.9 Å². The highest BCUT2D eigenvalue weighted by Crippen LogP contribution is 2.25. The Morgan fingerprint density at radius 3 is 3.17 bits per heavy atom. The molecule has 0 aliphatic carbocycles. The van der Waals surface area contributed by atoms with Gasteiger partial charge in [0.05, 0.1) is 6.10 Å². The highest BCUT2D eigenvalue weighted by atomic mass is 16.5. The molecule has 2 aromatic rings. The topological polar surface area (TPSA) is 38.5 Å². The van der Waals surface area contributed by atoms with Gasteiger partial charge < -0.3 is 14.1 Å². The molecule has 0 bridgehead atoms. The summed E-state index contributed by atoms with van der Waals surface area (Å²) in [5.74, 6) is 0. The van der Waals surface area contributed by atoms with Crippen LogP contribution in [0.25, 0.3) is 11.1 Å². The molecule has 1 aromatic carbocycles. The van der Waals surface area contributed by atoms with Crippen molar-refractivity contribution in [2.24, 2.45) is 0 Å². The summed E-state index contributed by atoms with van der Waals surface area (Å²) < 4.78 is 11.5. The van der Waals surface area contributed by atoms with E-state index >= 15 is 0 Å². The molecule has 1 unspecified atom stereocenters. The number of oxazole rings is 1. The van der Waals surface area contributed by atoms with Gasteiger partial charge in [0.2, 0.25) is 0 Å². The number of piperidine rings is 1. The maximum atomic E-state index is 5.79. The second-order valence-corrected chi connectivity index (χ2v) is 4.63. The van der Waals surface area contributed by atoms with Crippen molar-refractivity contribution in [2.75, 3.05) is 24.6 Å². The Bertz CT molecular complexity index is 488. The molecular weight excluding hydrogens is 228 g/mol. The minimum Gasteiger partial charge on any atom is -0.423 e. The first-order valence-electron chi connectivity index (χ1n) is 6.59. The molecule has 4 nitrogen and oxygen atoms in total. The highest BCUT2D eigenvalue weighted by molar-refractivity contribution is 5.74.